The van der Waals surface area contributed by atoms with Crippen molar-refractivity contribution in [1.29, 1.82) is 0 Å². The molecule has 0 unspecified atom stereocenters. The average molecular weight is 257 g/mol. The van der Waals surface area contributed by atoms with E-state index in [9.17, 15) is 4.79 Å². The molecule has 1 N–H and O–H groups in total. The smallest absolute Gasteiger partial charge is 0.250 e. The van der Waals surface area contributed by atoms with Crippen LogP contribution in [-0.4, -0.2) is 36.0 Å². The fourth-order valence-electron chi connectivity index (χ4n) is 1.000. The quantitative estimate of drug-likeness (QED) is 0.760. The highest BCUT2D eigenvalue weighted by molar-refractivity contribution is 9.10. The highest BCUT2D eigenvalue weighted by Crippen LogP contribution is 2.14. The fraction of sp³-hybridized carbons (Fsp3) is 0.167. The van der Waals surface area contributed by atoms with E-state index in [2.05, 4.69) is 41.4 Å². The van der Waals surface area contributed by atoms with Gasteiger partial charge in [-0.05, 0) is 15.9 Å². The molecule has 0 saturated heterocycles. The Kier molecular flexibility index (Phi) is 2.12. The van der Waals surface area contributed by atoms with Crippen LogP contribution in [0.5, 0.6) is 0 Å². The summed E-state index contributed by atoms with van der Waals surface area (Å²) in [5.74, 6) is -0.141. The van der Waals surface area contributed by atoms with E-state index in [1.54, 1.807) is 7.05 Å². The van der Waals surface area contributed by atoms with Gasteiger partial charge in [0.1, 0.15) is 12.0 Å². The molecule has 0 fully saturated rings. The second-order valence-electron chi connectivity index (χ2n) is 2.52. The number of nitrogens with zero attached hydrogens (tertiary/aromatic N) is 5. The molecule has 14 heavy (non-hydrogen) atoms. The van der Waals surface area contributed by atoms with E-state index in [4.69, 9.17) is 0 Å². The van der Waals surface area contributed by atoms with Crippen molar-refractivity contribution < 1.29 is 4.79 Å². The first kappa shape index (κ1) is 9.00. The Morgan fingerprint density at radius 1 is 1.64 bits per heavy atom. The van der Waals surface area contributed by atoms with Crippen LogP contribution >= 0.6 is 15.9 Å². The van der Waals surface area contributed by atoms with Crippen molar-refractivity contribution in [3.63, 3.8) is 0 Å². The van der Waals surface area contributed by atoms with E-state index in [1.165, 1.54) is 11.0 Å². The number of ketones is 1. The lowest BCUT2D eigenvalue weighted by molar-refractivity contribution is 0.102. The van der Waals surface area contributed by atoms with Crippen LogP contribution in [0.4, 0.5) is 0 Å². The monoisotopic (exact) mass is 256 g/mol. The van der Waals surface area contributed by atoms with E-state index in [0.717, 1.165) is 0 Å². The summed E-state index contributed by atoms with van der Waals surface area (Å²) in [7, 11) is 1.63. The highest BCUT2D eigenvalue weighted by Gasteiger charge is 2.20. The minimum absolute atomic E-state index is 0.163. The van der Waals surface area contributed by atoms with Crippen molar-refractivity contribution in [3.05, 3.63) is 22.4 Å². The lowest BCUT2D eigenvalue weighted by Crippen LogP contribution is -2.10. The molecule has 0 bridgehead atoms. The number of rotatable bonds is 2. The zero-order chi connectivity index (χ0) is 10.1. The largest absolute Gasteiger partial charge is 0.283 e. The third-order valence-corrected chi connectivity index (χ3v) is 2.17. The van der Waals surface area contributed by atoms with Crippen LogP contribution in [-0.2, 0) is 7.05 Å². The summed E-state index contributed by atoms with van der Waals surface area (Å²) < 4.78 is 1.76. The Balaban J connectivity index is 2.46. The van der Waals surface area contributed by atoms with Crippen molar-refractivity contribution in [2.45, 2.75) is 0 Å². The predicted octanol–water partition coefficient (Wildman–Crippen LogP) is -0.0733. The number of aromatic nitrogens is 6. The zero-order valence-corrected chi connectivity index (χ0v) is 8.69. The lowest BCUT2D eigenvalue weighted by atomic mass is 10.3. The highest BCUT2D eigenvalue weighted by atomic mass is 79.9. The van der Waals surface area contributed by atoms with Crippen molar-refractivity contribution in [1.82, 2.24) is 30.2 Å². The molecule has 2 aromatic heterocycles. The summed E-state index contributed by atoms with van der Waals surface area (Å²) in [6, 6.07) is 0. The number of nitrogens with one attached hydrogen (secondary N) is 1. The van der Waals surface area contributed by atoms with Crippen LogP contribution in [0.15, 0.2) is 10.9 Å². The molecule has 7 nitrogen and oxygen atoms in total. The minimum atomic E-state index is -0.304. The van der Waals surface area contributed by atoms with Gasteiger partial charge in [0.05, 0.1) is 0 Å². The second-order valence-corrected chi connectivity index (χ2v) is 3.27. The summed E-state index contributed by atoms with van der Waals surface area (Å²) in [6.07, 6.45) is 1.27. The lowest BCUT2D eigenvalue weighted by Gasteiger charge is -1.96. The van der Waals surface area contributed by atoms with E-state index < -0.39 is 0 Å². The van der Waals surface area contributed by atoms with Gasteiger partial charge in [-0.3, -0.25) is 9.89 Å². The maximum atomic E-state index is 11.7. The Labute approximate surface area is 86.7 Å². The first-order valence-electron chi connectivity index (χ1n) is 3.65. The van der Waals surface area contributed by atoms with E-state index in [1.807, 2.05) is 0 Å². The molecule has 2 rings (SSSR count). The molecule has 2 heterocycles. The van der Waals surface area contributed by atoms with E-state index >= 15 is 0 Å². The Hall–Kier alpha value is -1.57. The van der Waals surface area contributed by atoms with Gasteiger partial charge in [0, 0.05) is 7.05 Å². The van der Waals surface area contributed by atoms with Crippen LogP contribution in [0.2, 0.25) is 0 Å². The molecule has 0 aromatic carbocycles. The first-order valence-corrected chi connectivity index (χ1v) is 4.44. The number of H-pyrrole nitrogens is 1. The average Bonchev–Trinajstić information content (AvgIpc) is 2.75. The Bertz CT molecular complexity index is 441. The van der Waals surface area contributed by atoms with Crippen LogP contribution in [0.1, 0.15) is 16.3 Å². The second kappa shape index (κ2) is 3.29. The maximum Gasteiger partial charge on any atom is 0.250 e. The molecule has 0 radical (unpaired) electrons. The van der Waals surface area contributed by atoms with E-state index in [0.29, 0.717) is 10.3 Å². The summed E-state index contributed by atoms with van der Waals surface area (Å²) >= 11 is 3.13. The van der Waals surface area contributed by atoms with Crippen LogP contribution in [0, 0.1) is 0 Å². The minimum Gasteiger partial charge on any atom is -0.283 e. The van der Waals surface area contributed by atoms with Gasteiger partial charge in [-0.1, -0.05) is 5.21 Å². The number of aromatic amines is 1. The standard InChI is InChI=1S/C6H5BrN6O/c1-13-3(5(7)10-12-13)4(14)6-8-2-9-11-6/h2H,1H3,(H,8,9,11). The van der Waals surface area contributed by atoms with Crippen LogP contribution in [0.3, 0.4) is 0 Å². The molecule has 0 aliphatic carbocycles. The third kappa shape index (κ3) is 1.33. The van der Waals surface area contributed by atoms with E-state index in [-0.39, 0.29) is 11.6 Å². The molecule has 0 amide bonds. The molecule has 0 aliphatic heterocycles. The van der Waals surface area contributed by atoms with Gasteiger partial charge >= 0.3 is 0 Å². The van der Waals surface area contributed by atoms with Crippen LogP contribution < -0.4 is 0 Å². The molecular weight excluding hydrogens is 252 g/mol. The SMILES string of the molecule is Cn1nnc(Br)c1C(=O)c1ncn[nH]1. The molecule has 0 spiro atoms. The summed E-state index contributed by atoms with van der Waals surface area (Å²) in [4.78, 5) is 15.5. The number of hydrogen-bond donors (Lipinski definition) is 1. The van der Waals surface area contributed by atoms with Crippen molar-refractivity contribution in [3.8, 4) is 0 Å². The topological polar surface area (TPSA) is 89.3 Å². The number of aryl methyl sites for hydroxylation is 1. The predicted molar refractivity (Wildman–Crippen MR) is 48.5 cm³/mol. The summed E-state index contributed by atoms with van der Waals surface area (Å²) in [5.41, 5.74) is 0.335. The molecule has 0 aliphatic rings. The first-order chi connectivity index (χ1) is 6.70. The van der Waals surface area contributed by atoms with Crippen molar-refractivity contribution in [2.75, 3.05) is 0 Å². The zero-order valence-electron chi connectivity index (χ0n) is 7.10. The summed E-state index contributed by atoms with van der Waals surface area (Å²) in [5, 5.41) is 13.4. The third-order valence-electron chi connectivity index (χ3n) is 1.63. The van der Waals surface area contributed by atoms with Gasteiger partial charge in [-0.15, -0.1) is 5.10 Å². The molecule has 2 aromatic rings. The normalized spacial score (nSPS) is 10.4. The number of carbonyl (C=O) groups excluding carboxylic acids is 1. The van der Waals surface area contributed by atoms with Gasteiger partial charge in [-0.25, -0.2) is 9.67 Å². The fourth-order valence-corrected chi connectivity index (χ4v) is 1.51. The van der Waals surface area contributed by atoms with Crippen molar-refractivity contribution in [2.24, 2.45) is 7.05 Å². The van der Waals surface area contributed by atoms with Gasteiger partial charge in [0.2, 0.25) is 0 Å². The molecular formula is C6H5BrN6O. The molecule has 72 valence electrons. The summed E-state index contributed by atoms with van der Waals surface area (Å²) in [6.45, 7) is 0. The Morgan fingerprint density at radius 3 is 2.93 bits per heavy atom. The molecule has 0 atom stereocenters. The molecule has 8 heteroatoms. The number of halogens is 1. The number of hydrogen-bond acceptors (Lipinski definition) is 5. The van der Waals surface area contributed by atoms with Gasteiger partial charge in [0.15, 0.2) is 10.4 Å². The van der Waals surface area contributed by atoms with Gasteiger partial charge < -0.3 is 0 Å². The maximum absolute atomic E-state index is 11.7. The van der Waals surface area contributed by atoms with Gasteiger partial charge in [-0.2, -0.15) is 5.10 Å². The number of carbonyl (C=O) groups is 1. The van der Waals surface area contributed by atoms with Crippen molar-refractivity contribution >= 4 is 21.7 Å². The van der Waals surface area contributed by atoms with Crippen LogP contribution in [0.25, 0.3) is 0 Å². The Morgan fingerprint density at radius 2 is 2.43 bits per heavy atom. The van der Waals surface area contributed by atoms with Gasteiger partial charge in [0.25, 0.3) is 5.78 Å². The molecule has 0 saturated carbocycles.